The minimum absolute atomic E-state index is 0.0381. The number of aromatic carboxylic acids is 1. The monoisotopic (exact) mass is 292 g/mol. The van der Waals surface area contributed by atoms with Crippen LogP contribution in [0, 0.1) is 5.82 Å². The fourth-order valence-corrected chi connectivity index (χ4v) is 1.75. The normalized spacial score (nSPS) is 10.0. The van der Waals surface area contributed by atoms with Gasteiger partial charge in [-0.15, -0.1) is 0 Å². The summed E-state index contributed by atoms with van der Waals surface area (Å²) in [7, 11) is 3.00. The molecule has 21 heavy (non-hydrogen) atoms. The molecule has 0 unspecified atom stereocenters. The first-order chi connectivity index (χ1) is 10.0. The molecule has 2 N–H and O–H groups in total. The van der Waals surface area contributed by atoms with Crippen molar-refractivity contribution in [1.82, 2.24) is 4.98 Å². The Morgan fingerprint density at radius 3 is 2.57 bits per heavy atom. The molecule has 0 atom stereocenters. The van der Waals surface area contributed by atoms with E-state index >= 15 is 0 Å². The molecule has 1 aromatic carbocycles. The molecule has 0 saturated carbocycles. The van der Waals surface area contributed by atoms with Crippen molar-refractivity contribution in [1.29, 1.82) is 0 Å². The number of nitrogens with one attached hydrogen (secondary N) is 1. The first-order valence-corrected chi connectivity index (χ1v) is 5.93. The molecule has 1 heterocycles. The van der Waals surface area contributed by atoms with Gasteiger partial charge < -0.3 is 19.9 Å². The van der Waals surface area contributed by atoms with Gasteiger partial charge in [0.2, 0.25) is 0 Å². The maximum Gasteiger partial charge on any atom is 0.339 e. The van der Waals surface area contributed by atoms with Crippen LogP contribution in [0.4, 0.5) is 15.9 Å². The average Bonchev–Trinajstić information content (AvgIpc) is 2.48. The molecule has 2 rings (SSSR count). The van der Waals surface area contributed by atoms with Crippen molar-refractivity contribution in [3.63, 3.8) is 0 Å². The summed E-state index contributed by atoms with van der Waals surface area (Å²) in [4.78, 5) is 14.9. The standard InChI is InChI=1S/C14H13FN2O4/c1-20-11-4-3-9(6-12(11)21-2)17-13-10(14(18)19)5-8(15)7-16-13/h3-7H,1-2H3,(H,16,17)(H,18,19). The van der Waals surface area contributed by atoms with E-state index in [-0.39, 0.29) is 11.4 Å². The number of methoxy groups -OCH3 is 2. The Labute approximate surface area is 120 Å². The van der Waals surface area contributed by atoms with Crippen LogP contribution in [-0.4, -0.2) is 30.3 Å². The number of ether oxygens (including phenoxy) is 2. The minimum Gasteiger partial charge on any atom is -0.493 e. The van der Waals surface area contributed by atoms with Crippen LogP contribution in [0.2, 0.25) is 0 Å². The maximum atomic E-state index is 13.1. The third-order valence-corrected chi connectivity index (χ3v) is 2.73. The molecule has 0 aliphatic carbocycles. The molecular weight excluding hydrogens is 279 g/mol. The van der Waals surface area contributed by atoms with Crippen molar-refractivity contribution in [2.75, 3.05) is 19.5 Å². The Kier molecular flexibility index (Phi) is 4.22. The van der Waals surface area contributed by atoms with Gasteiger partial charge >= 0.3 is 5.97 Å². The maximum absolute atomic E-state index is 13.1. The molecule has 0 amide bonds. The van der Waals surface area contributed by atoms with Gasteiger partial charge in [0.1, 0.15) is 17.2 Å². The number of anilines is 2. The summed E-state index contributed by atoms with van der Waals surface area (Å²) in [6.45, 7) is 0. The lowest BCUT2D eigenvalue weighted by molar-refractivity contribution is 0.0697. The molecule has 0 saturated heterocycles. The second-order valence-electron chi connectivity index (χ2n) is 4.05. The van der Waals surface area contributed by atoms with E-state index in [0.717, 1.165) is 12.3 Å². The Balaban J connectivity index is 2.36. The number of carboxylic acid groups (broad SMARTS) is 1. The second-order valence-corrected chi connectivity index (χ2v) is 4.05. The molecule has 0 spiro atoms. The van der Waals surface area contributed by atoms with Crippen LogP contribution in [-0.2, 0) is 0 Å². The summed E-state index contributed by atoms with van der Waals surface area (Å²) < 4.78 is 23.3. The molecule has 0 aliphatic heterocycles. The molecule has 110 valence electrons. The number of nitrogens with zero attached hydrogens (tertiary/aromatic N) is 1. The highest BCUT2D eigenvalue weighted by atomic mass is 19.1. The van der Waals surface area contributed by atoms with Crippen molar-refractivity contribution in [2.45, 2.75) is 0 Å². The van der Waals surface area contributed by atoms with Gasteiger partial charge in [-0.3, -0.25) is 0 Å². The third kappa shape index (κ3) is 3.19. The van der Waals surface area contributed by atoms with Crippen molar-refractivity contribution >= 4 is 17.5 Å². The Bertz CT molecular complexity index is 676. The van der Waals surface area contributed by atoms with Gasteiger partial charge in [-0.1, -0.05) is 0 Å². The smallest absolute Gasteiger partial charge is 0.339 e. The lowest BCUT2D eigenvalue weighted by Crippen LogP contribution is -2.05. The summed E-state index contributed by atoms with van der Waals surface area (Å²) in [6, 6.07) is 5.84. The number of carboxylic acids is 1. The van der Waals surface area contributed by atoms with E-state index in [1.54, 1.807) is 18.2 Å². The number of halogens is 1. The second kappa shape index (κ2) is 6.08. The number of hydrogen-bond donors (Lipinski definition) is 2. The molecule has 7 heteroatoms. The number of aromatic nitrogens is 1. The number of pyridine rings is 1. The Morgan fingerprint density at radius 2 is 1.95 bits per heavy atom. The van der Waals surface area contributed by atoms with Crippen LogP contribution in [0.1, 0.15) is 10.4 Å². The third-order valence-electron chi connectivity index (χ3n) is 2.73. The topological polar surface area (TPSA) is 80.7 Å². The van der Waals surface area contributed by atoms with Crippen LogP contribution in [0.25, 0.3) is 0 Å². The lowest BCUT2D eigenvalue weighted by atomic mass is 10.2. The van der Waals surface area contributed by atoms with E-state index in [1.807, 2.05) is 0 Å². The molecule has 0 bridgehead atoms. The van der Waals surface area contributed by atoms with Crippen LogP contribution in [0.3, 0.4) is 0 Å². The van der Waals surface area contributed by atoms with Gasteiger partial charge in [-0.25, -0.2) is 14.2 Å². The van der Waals surface area contributed by atoms with E-state index in [4.69, 9.17) is 14.6 Å². The van der Waals surface area contributed by atoms with E-state index in [2.05, 4.69) is 10.3 Å². The van der Waals surface area contributed by atoms with Gasteiger partial charge in [0, 0.05) is 11.8 Å². The molecule has 0 fully saturated rings. The van der Waals surface area contributed by atoms with Crippen LogP contribution >= 0.6 is 0 Å². The molecule has 1 aromatic heterocycles. The number of benzene rings is 1. The van der Waals surface area contributed by atoms with Gasteiger partial charge in [0.05, 0.1) is 20.4 Å². The van der Waals surface area contributed by atoms with Gasteiger partial charge in [-0.05, 0) is 18.2 Å². The fourth-order valence-electron chi connectivity index (χ4n) is 1.75. The number of carbonyl (C=O) groups is 1. The van der Waals surface area contributed by atoms with E-state index in [0.29, 0.717) is 17.2 Å². The van der Waals surface area contributed by atoms with Crippen LogP contribution in [0.5, 0.6) is 11.5 Å². The fraction of sp³-hybridized carbons (Fsp3) is 0.143. The predicted molar refractivity (Wildman–Crippen MR) is 74.0 cm³/mol. The molecule has 0 radical (unpaired) electrons. The van der Waals surface area contributed by atoms with Crippen molar-refractivity contribution < 1.29 is 23.8 Å². The Morgan fingerprint density at radius 1 is 1.24 bits per heavy atom. The van der Waals surface area contributed by atoms with E-state index in [1.165, 1.54) is 14.2 Å². The summed E-state index contributed by atoms with van der Waals surface area (Å²) in [5.74, 6) is -0.943. The molecule has 0 aliphatic rings. The zero-order valence-electron chi connectivity index (χ0n) is 11.4. The van der Waals surface area contributed by atoms with Crippen molar-refractivity contribution in [3.8, 4) is 11.5 Å². The highest BCUT2D eigenvalue weighted by Crippen LogP contribution is 2.31. The Hall–Kier alpha value is -2.83. The van der Waals surface area contributed by atoms with E-state index < -0.39 is 11.8 Å². The van der Waals surface area contributed by atoms with Gasteiger partial charge in [0.15, 0.2) is 11.5 Å². The SMILES string of the molecule is COc1ccc(Nc2ncc(F)cc2C(=O)O)cc1OC. The summed E-state index contributed by atoms with van der Waals surface area (Å²) in [5.41, 5.74) is 0.277. The van der Waals surface area contributed by atoms with Crippen molar-refractivity contribution in [2.24, 2.45) is 0 Å². The highest BCUT2D eigenvalue weighted by Gasteiger charge is 2.14. The number of hydrogen-bond acceptors (Lipinski definition) is 5. The lowest BCUT2D eigenvalue weighted by Gasteiger charge is -2.12. The van der Waals surface area contributed by atoms with Gasteiger partial charge in [0.25, 0.3) is 0 Å². The highest BCUT2D eigenvalue weighted by molar-refractivity contribution is 5.94. The summed E-state index contributed by atoms with van der Waals surface area (Å²) in [6.07, 6.45) is 0.940. The van der Waals surface area contributed by atoms with Crippen LogP contribution in [0.15, 0.2) is 30.5 Å². The quantitative estimate of drug-likeness (QED) is 0.882. The minimum atomic E-state index is -1.27. The van der Waals surface area contributed by atoms with E-state index in [9.17, 15) is 9.18 Å². The zero-order chi connectivity index (χ0) is 15.4. The van der Waals surface area contributed by atoms with Crippen LogP contribution < -0.4 is 14.8 Å². The largest absolute Gasteiger partial charge is 0.493 e. The molecular formula is C14H13FN2O4. The number of rotatable bonds is 5. The predicted octanol–water partition coefficient (Wildman–Crippen LogP) is 2.68. The zero-order valence-corrected chi connectivity index (χ0v) is 11.4. The van der Waals surface area contributed by atoms with Gasteiger partial charge in [-0.2, -0.15) is 0 Å². The summed E-state index contributed by atoms with van der Waals surface area (Å²) >= 11 is 0. The molecule has 2 aromatic rings. The summed E-state index contributed by atoms with van der Waals surface area (Å²) in [5, 5.41) is 11.9. The first-order valence-electron chi connectivity index (χ1n) is 5.93. The first kappa shape index (κ1) is 14.6. The average molecular weight is 292 g/mol. The molecule has 6 nitrogen and oxygen atoms in total. The van der Waals surface area contributed by atoms with Crippen molar-refractivity contribution in [3.05, 3.63) is 41.8 Å².